The van der Waals surface area contributed by atoms with E-state index in [0.717, 1.165) is 25.7 Å². The second-order valence-corrected chi connectivity index (χ2v) is 4.99. The smallest absolute Gasteiger partial charge is 0 e. The number of hydrogen-bond acceptors (Lipinski definition) is 0. The van der Waals surface area contributed by atoms with Crippen molar-refractivity contribution >= 4 is 0 Å². The number of rotatable bonds is 0. The third kappa shape index (κ3) is 6.75. The van der Waals surface area contributed by atoms with Crippen molar-refractivity contribution in [2.45, 2.75) is 75.5 Å². The molecular weight excluding hydrogens is 264 g/mol. The van der Waals surface area contributed by atoms with E-state index in [0.29, 0.717) is 0 Å². The molecule has 0 amide bonds. The van der Waals surface area contributed by atoms with Crippen LogP contribution in [0.15, 0.2) is 0 Å². The summed E-state index contributed by atoms with van der Waals surface area (Å²) in [4.78, 5) is 0. The third-order valence-electron chi connectivity index (χ3n) is 3.53. The first kappa shape index (κ1) is 17.4. The van der Waals surface area contributed by atoms with Gasteiger partial charge in [-0.2, -0.15) is 24.2 Å². The normalized spacial score (nSPS) is 37.4. The van der Waals surface area contributed by atoms with Crippen LogP contribution in [0.1, 0.15) is 51.4 Å². The molecule has 2 aliphatic carbocycles. The van der Waals surface area contributed by atoms with E-state index < -0.39 is 0 Å². The predicted octanol–water partition coefficient (Wildman–Crippen LogP) is 4.80. The monoisotopic (exact) mass is 287 g/mol. The van der Waals surface area contributed by atoms with Crippen LogP contribution < -0.4 is 0 Å². The number of nitrogens with one attached hydrogen (secondary N) is 4. The van der Waals surface area contributed by atoms with Crippen molar-refractivity contribution < 1.29 is 17.1 Å². The zero-order chi connectivity index (χ0) is 12.0. The van der Waals surface area contributed by atoms with E-state index in [1.54, 1.807) is 0 Å². The molecule has 4 nitrogen and oxygen atoms in total. The molecule has 4 N–H and O–H groups in total. The van der Waals surface area contributed by atoms with Crippen LogP contribution in [0.4, 0.5) is 0 Å². The van der Waals surface area contributed by atoms with Crippen molar-refractivity contribution in [3.8, 4) is 0 Å². The summed E-state index contributed by atoms with van der Waals surface area (Å²) in [5.41, 5.74) is 29.2. The van der Waals surface area contributed by atoms with Gasteiger partial charge in [0.2, 0.25) is 0 Å². The Morgan fingerprint density at radius 2 is 0.647 bits per heavy atom. The van der Waals surface area contributed by atoms with Crippen LogP contribution in [0.25, 0.3) is 22.9 Å². The predicted molar refractivity (Wildman–Crippen MR) is 69.4 cm³/mol. The Bertz CT molecular complexity index is 151. The summed E-state index contributed by atoms with van der Waals surface area (Å²) in [6, 6.07) is -0.319. The molecule has 17 heavy (non-hydrogen) atoms. The molecule has 2 rings (SSSR count). The molecule has 2 aliphatic rings. The fourth-order valence-electron chi connectivity index (χ4n) is 2.26. The summed E-state index contributed by atoms with van der Waals surface area (Å²) in [6.45, 7) is 0. The van der Waals surface area contributed by atoms with Crippen LogP contribution in [-0.4, -0.2) is 24.2 Å². The molecule has 2 fully saturated rings. The summed E-state index contributed by atoms with van der Waals surface area (Å²) in [5, 5.41) is 0. The largest absolute Gasteiger partial charge is 0.676 e. The Balaban J connectivity index is 0.000000284. The zero-order valence-electron chi connectivity index (χ0n) is 10.3. The standard InChI is InChI=1S/2C6H12N2.Cu/c2*7-5-3-1-2-4-6(5)8;/h2*5-8H,1-4H2;/q2*-2;. The molecule has 107 valence electrons. The Hall–Kier alpha value is 0.359. The van der Waals surface area contributed by atoms with Crippen LogP contribution in [0, 0.1) is 0 Å². The van der Waals surface area contributed by atoms with Gasteiger partial charge in [-0.25, -0.2) is 0 Å². The van der Waals surface area contributed by atoms with Gasteiger partial charge >= 0.3 is 0 Å². The van der Waals surface area contributed by atoms with Crippen molar-refractivity contribution in [1.29, 1.82) is 0 Å². The van der Waals surface area contributed by atoms with Crippen LogP contribution in [0.3, 0.4) is 0 Å². The second-order valence-electron chi connectivity index (χ2n) is 4.99. The van der Waals surface area contributed by atoms with Crippen molar-refractivity contribution in [1.82, 2.24) is 0 Å². The van der Waals surface area contributed by atoms with Gasteiger partial charge in [-0.3, -0.25) is 0 Å². The van der Waals surface area contributed by atoms with Gasteiger partial charge in [-0.1, -0.05) is 51.4 Å². The van der Waals surface area contributed by atoms with Gasteiger partial charge in [0.05, 0.1) is 0 Å². The minimum atomic E-state index is -0.0799. The van der Waals surface area contributed by atoms with Crippen LogP contribution in [-0.2, 0) is 17.1 Å². The van der Waals surface area contributed by atoms with Gasteiger partial charge in [0.1, 0.15) is 0 Å². The van der Waals surface area contributed by atoms with Crippen molar-refractivity contribution in [2.75, 3.05) is 0 Å². The van der Waals surface area contributed by atoms with E-state index in [2.05, 4.69) is 0 Å². The summed E-state index contributed by atoms with van der Waals surface area (Å²) in [6.07, 6.45) is 8.49. The molecule has 0 aromatic rings. The fraction of sp³-hybridized carbons (Fsp3) is 1.00. The second kappa shape index (κ2) is 9.31. The molecule has 0 aliphatic heterocycles. The van der Waals surface area contributed by atoms with E-state index in [9.17, 15) is 0 Å². The molecule has 4 atom stereocenters. The molecule has 0 aromatic carbocycles. The first-order valence-corrected chi connectivity index (χ1v) is 6.45. The minimum absolute atomic E-state index is 0. The molecular formula is C12H24CuN4-4. The van der Waals surface area contributed by atoms with Gasteiger partial charge in [-0.15, -0.1) is 0 Å². The SMILES string of the molecule is [Cu].[NH-]C1CCCCC1[NH-].[NH-]C1CCCCC1[NH-]. The average Bonchev–Trinajstić information content (AvgIpc) is 2.28. The molecule has 5 heteroatoms. The molecule has 0 spiro atoms. The Kier molecular flexibility index (Phi) is 9.51. The molecule has 0 bridgehead atoms. The van der Waals surface area contributed by atoms with Gasteiger partial charge in [-0.05, 0) is 0 Å². The Morgan fingerprint density at radius 3 is 0.765 bits per heavy atom. The van der Waals surface area contributed by atoms with Crippen LogP contribution in [0.2, 0.25) is 0 Å². The van der Waals surface area contributed by atoms with E-state index in [1.807, 2.05) is 0 Å². The van der Waals surface area contributed by atoms with Crippen molar-refractivity contribution in [3.63, 3.8) is 0 Å². The molecule has 2 saturated carbocycles. The van der Waals surface area contributed by atoms with Gasteiger partial charge in [0.25, 0.3) is 0 Å². The Labute approximate surface area is 116 Å². The summed E-state index contributed by atoms with van der Waals surface area (Å²) < 4.78 is 0. The van der Waals surface area contributed by atoms with Crippen LogP contribution >= 0.6 is 0 Å². The van der Waals surface area contributed by atoms with E-state index in [4.69, 9.17) is 22.9 Å². The summed E-state index contributed by atoms with van der Waals surface area (Å²) in [7, 11) is 0. The summed E-state index contributed by atoms with van der Waals surface area (Å²) >= 11 is 0. The molecule has 0 heterocycles. The Morgan fingerprint density at radius 1 is 0.471 bits per heavy atom. The topological polar surface area (TPSA) is 95.2 Å². The van der Waals surface area contributed by atoms with Crippen molar-refractivity contribution in [2.24, 2.45) is 0 Å². The van der Waals surface area contributed by atoms with Crippen molar-refractivity contribution in [3.05, 3.63) is 22.9 Å². The minimum Gasteiger partial charge on any atom is -0.676 e. The van der Waals surface area contributed by atoms with Gasteiger partial charge < -0.3 is 22.9 Å². The fourth-order valence-corrected chi connectivity index (χ4v) is 2.26. The summed E-state index contributed by atoms with van der Waals surface area (Å²) in [5.74, 6) is 0. The first-order valence-electron chi connectivity index (χ1n) is 6.45. The van der Waals surface area contributed by atoms with E-state index in [1.165, 1.54) is 25.7 Å². The maximum Gasteiger partial charge on any atom is 0 e. The van der Waals surface area contributed by atoms with Gasteiger partial charge in [0, 0.05) is 17.1 Å². The first-order chi connectivity index (χ1) is 7.61. The quantitative estimate of drug-likeness (QED) is 0.572. The van der Waals surface area contributed by atoms with Crippen LogP contribution in [0.5, 0.6) is 0 Å². The maximum absolute atomic E-state index is 7.29. The molecule has 0 saturated heterocycles. The molecule has 4 unspecified atom stereocenters. The maximum atomic E-state index is 7.29. The average molecular weight is 288 g/mol. The zero-order valence-corrected chi connectivity index (χ0v) is 11.2. The third-order valence-corrected chi connectivity index (χ3v) is 3.53. The molecule has 0 aromatic heterocycles. The van der Waals surface area contributed by atoms with Gasteiger partial charge in [0.15, 0.2) is 0 Å². The van der Waals surface area contributed by atoms with E-state index in [-0.39, 0.29) is 41.2 Å². The molecule has 1 radical (unpaired) electrons. The number of hydrogen-bond donors (Lipinski definition) is 0. The van der Waals surface area contributed by atoms with E-state index >= 15 is 0 Å².